The topological polar surface area (TPSA) is 90.2 Å². The quantitative estimate of drug-likeness (QED) is 0.430. The lowest BCUT2D eigenvalue weighted by Crippen LogP contribution is -2.47. The number of thiophene rings is 1. The third kappa shape index (κ3) is 4.03. The van der Waals surface area contributed by atoms with E-state index in [2.05, 4.69) is 22.0 Å². The summed E-state index contributed by atoms with van der Waals surface area (Å²) in [4.78, 5) is 13.8. The van der Waals surface area contributed by atoms with Crippen molar-refractivity contribution in [1.82, 2.24) is 9.97 Å². The molecular weight excluding hydrogens is 454 g/mol. The number of piperazine rings is 1. The van der Waals surface area contributed by atoms with Crippen molar-refractivity contribution >= 4 is 43.7 Å². The molecule has 1 aliphatic heterocycles. The molecule has 0 aliphatic carbocycles. The number of para-hydroxylation sites is 3. The first kappa shape index (κ1) is 21.4. The van der Waals surface area contributed by atoms with Crippen molar-refractivity contribution in [2.24, 2.45) is 0 Å². The van der Waals surface area contributed by atoms with Gasteiger partial charge in [-0.05, 0) is 35.7 Å². The van der Waals surface area contributed by atoms with E-state index in [-0.39, 0.29) is 9.90 Å². The van der Waals surface area contributed by atoms with Crippen LogP contribution in [0, 0.1) is 11.3 Å². The molecule has 5 rings (SSSR count). The Hall–Kier alpha value is -3.48. The highest BCUT2D eigenvalue weighted by molar-refractivity contribution is 7.93. The smallest absolute Gasteiger partial charge is 0.209 e. The van der Waals surface area contributed by atoms with Crippen molar-refractivity contribution in [3.05, 3.63) is 77.8 Å². The van der Waals surface area contributed by atoms with Crippen molar-refractivity contribution < 1.29 is 8.42 Å². The largest absolute Gasteiger partial charge is 0.368 e. The van der Waals surface area contributed by atoms with Crippen LogP contribution in [0.5, 0.6) is 0 Å². The minimum Gasteiger partial charge on any atom is -0.368 e. The Bertz CT molecular complexity index is 1410. The third-order valence-electron chi connectivity index (χ3n) is 5.73. The summed E-state index contributed by atoms with van der Waals surface area (Å²) in [5.74, 6) is 0.466. The molecular formula is C24H21N5O2S2. The summed E-state index contributed by atoms with van der Waals surface area (Å²) >= 11 is 1.10. The van der Waals surface area contributed by atoms with E-state index < -0.39 is 15.1 Å². The third-order valence-corrected chi connectivity index (χ3v) is 9.02. The van der Waals surface area contributed by atoms with Gasteiger partial charge in [-0.25, -0.2) is 18.4 Å². The van der Waals surface area contributed by atoms with Crippen LogP contribution in [0.1, 0.15) is 10.9 Å². The number of benzene rings is 2. The number of rotatable bonds is 5. The second-order valence-electron chi connectivity index (χ2n) is 7.72. The van der Waals surface area contributed by atoms with Gasteiger partial charge in [0.05, 0.1) is 17.1 Å². The Morgan fingerprint density at radius 3 is 2.12 bits per heavy atom. The molecule has 1 atom stereocenters. The van der Waals surface area contributed by atoms with Gasteiger partial charge in [0.25, 0.3) is 0 Å². The molecule has 0 spiro atoms. The van der Waals surface area contributed by atoms with Gasteiger partial charge in [0.15, 0.2) is 11.1 Å². The standard InChI is InChI=1S/C24H21N5O2S2/c25-17-21(33(30,31)22-11-6-16-32-22)23-24(27-20-10-5-4-9-19(20)26-23)29-14-12-28(13-15-29)18-7-2-1-3-8-18/h1-11,16,21H,12-15H2/t21-/m0/s1. The summed E-state index contributed by atoms with van der Waals surface area (Å²) in [5.41, 5.74) is 2.59. The van der Waals surface area contributed by atoms with Gasteiger partial charge in [0.1, 0.15) is 9.90 Å². The van der Waals surface area contributed by atoms with E-state index >= 15 is 0 Å². The van der Waals surface area contributed by atoms with Gasteiger partial charge in [0.2, 0.25) is 9.84 Å². The van der Waals surface area contributed by atoms with Gasteiger partial charge >= 0.3 is 0 Å². The number of hydrogen-bond acceptors (Lipinski definition) is 8. The molecule has 1 fully saturated rings. The molecule has 1 saturated heterocycles. The molecule has 0 N–H and O–H groups in total. The maximum atomic E-state index is 13.3. The van der Waals surface area contributed by atoms with Gasteiger partial charge in [-0.15, -0.1) is 11.3 Å². The molecule has 4 aromatic rings. The van der Waals surface area contributed by atoms with Crippen LogP contribution >= 0.6 is 11.3 Å². The molecule has 3 heterocycles. The number of sulfone groups is 1. The molecule has 2 aromatic carbocycles. The van der Waals surface area contributed by atoms with Crippen molar-refractivity contribution in [3.63, 3.8) is 0 Å². The average molecular weight is 476 g/mol. The maximum Gasteiger partial charge on any atom is 0.209 e. The highest BCUT2D eigenvalue weighted by Crippen LogP contribution is 2.35. The summed E-state index contributed by atoms with van der Waals surface area (Å²) in [5, 5.41) is 10.2. The lowest BCUT2D eigenvalue weighted by molar-refractivity contribution is 0.591. The maximum absolute atomic E-state index is 13.3. The number of aromatic nitrogens is 2. The lowest BCUT2D eigenvalue weighted by atomic mass is 10.2. The fourth-order valence-electron chi connectivity index (χ4n) is 4.05. The zero-order valence-electron chi connectivity index (χ0n) is 17.7. The second kappa shape index (κ2) is 8.81. The van der Waals surface area contributed by atoms with E-state index in [1.165, 1.54) is 6.07 Å². The molecule has 2 aromatic heterocycles. The molecule has 0 amide bonds. The highest BCUT2D eigenvalue weighted by Gasteiger charge is 2.36. The van der Waals surface area contributed by atoms with Crippen molar-refractivity contribution in [2.75, 3.05) is 36.0 Å². The van der Waals surface area contributed by atoms with Crippen LogP contribution in [-0.4, -0.2) is 44.6 Å². The number of fused-ring (bicyclic) bond motifs is 1. The molecule has 9 heteroatoms. The van der Waals surface area contributed by atoms with E-state index in [9.17, 15) is 13.7 Å². The number of anilines is 2. The summed E-state index contributed by atoms with van der Waals surface area (Å²) in [6.07, 6.45) is 0. The van der Waals surface area contributed by atoms with Crippen molar-refractivity contribution in [3.8, 4) is 6.07 Å². The predicted octanol–water partition coefficient (Wildman–Crippen LogP) is 4.06. The Morgan fingerprint density at radius 2 is 1.48 bits per heavy atom. The van der Waals surface area contributed by atoms with Gasteiger partial charge in [-0.2, -0.15) is 5.26 Å². The second-order valence-corrected chi connectivity index (χ2v) is 10.9. The first-order valence-corrected chi connectivity index (χ1v) is 13.0. The zero-order valence-corrected chi connectivity index (χ0v) is 19.3. The Kier molecular flexibility index (Phi) is 5.70. The summed E-state index contributed by atoms with van der Waals surface area (Å²) < 4.78 is 26.8. The highest BCUT2D eigenvalue weighted by atomic mass is 32.2. The minimum atomic E-state index is -3.93. The van der Waals surface area contributed by atoms with Crippen LogP contribution < -0.4 is 9.80 Å². The number of nitrogens with zero attached hydrogens (tertiary/aromatic N) is 5. The average Bonchev–Trinajstić information content (AvgIpc) is 3.41. The van der Waals surface area contributed by atoms with E-state index in [0.29, 0.717) is 29.9 Å². The monoisotopic (exact) mass is 475 g/mol. The van der Waals surface area contributed by atoms with Crippen molar-refractivity contribution in [1.29, 1.82) is 5.26 Å². The summed E-state index contributed by atoms with van der Waals surface area (Å²) in [6, 6.07) is 22.7. The number of hydrogen-bond donors (Lipinski definition) is 0. The van der Waals surface area contributed by atoms with Crippen LogP contribution in [0.15, 0.2) is 76.3 Å². The first-order chi connectivity index (χ1) is 16.1. The van der Waals surface area contributed by atoms with Crippen LogP contribution in [0.25, 0.3) is 11.0 Å². The van der Waals surface area contributed by atoms with Gasteiger partial charge in [0, 0.05) is 31.9 Å². The van der Waals surface area contributed by atoms with E-state index in [4.69, 9.17) is 4.98 Å². The van der Waals surface area contributed by atoms with Gasteiger partial charge in [-0.3, -0.25) is 0 Å². The van der Waals surface area contributed by atoms with E-state index in [1.54, 1.807) is 17.5 Å². The summed E-state index contributed by atoms with van der Waals surface area (Å²) in [6.45, 7) is 2.80. The fraction of sp³-hybridized carbons (Fsp3) is 0.208. The fourth-order valence-corrected chi connectivity index (χ4v) is 6.58. The molecule has 7 nitrogen and oxygen atoms in total. The Balaban J connectivity index is 1.55. The first-order valence-electron chi connectivity index (χ1n) is 10.6. The Labute approximate surface area is 196 Å². The van der Waals surface area contributed by atoms with Crippen LogP contribution in [-0.2, 0) is 9.84 Å². The van der Waals surface area contributed by atoms with E-state index in [0.717, 1.165) is 30.1 Å². The number of nitriles is 1. The lowest BCUT2D eigenvalue weighted by Gasteiger charge is -2.37. The van der Waals surface area contributed by atoms with Crippen LogP contribution in [0.2, 0.25) is 0 Å². The molecule has 1 aliphatic rings. The molecule has 33 heavy (non-hydrogen) atoms. The van der Waals surface area contributed by atoms with Crippen LogP contribution in [0.3, 0.4) is 0 Å². The molecule has 0 bridgehead atoms. The normalized spacial score (nSPS) is 15.4. The molecule has 0 radical (unpaired) electrons. The molecule has 166 valence electrons. The predicted molar refractivity (Wildman–Crippen MR) is 130 cm³/mol. The summed E-state index contributed by atoms with van der Waals surface area (Å²) in [7, 11) is -3.93. The van der Waals surface area contributed by atoms with Gasteiger partial charge in [-0.1, -0.05) is 36.4 Å². The molecule has 0 saturated carbocycles. The SMILES string of the molecule is N#C[C@@H](c1nc2ccccc2nc1N1CCN(c2ccccc2)CC1)S(=O)(=O)c1cccs1. The van der Waals surface area contributed by atoms with Crippen LogP contribution in [0.4, 0.5) is 11.5 Å². The Morgan fingerprint density at radius 1 is 0.848 bits per heavy atom. The van der Waals surface area contributed by atoms with Gasteiger partial charge < -0.3 is 9.80 Å². The zero-order chi connectivity index (χ0) is 22.8. The minimum absolute atomic E-state index is 0.156. The molecule has 0 unspecified atom stereocenters. The van der Waals surface area contributed by atoms with Crippen molar-refractivity contribution in [2.45, 2.75) is 9.46 Å². The van der Waals surface area contributed by atoms with E-state index in [1.807, 2.05) is 47.4 Å².